The molecule has 0 aromatic heterocycles. The number of amides is 1. The molecule has 2 aliphatic heterocycles. The molecule has 1 aromatic rings. The van der Waals surface area contributed by atoms with Crippen molar-refractivity contribution in [3.8, 4) is 6.07 Å². The Morgan fingerprint density at radius 1 is 1.31 bits per heavy atom. The average molecular weight is 424 g/mol. The van der Waals surface area contributed by atoms with Crippen molar-refractivity contribution in [3.63, 3.8) is 0 Å². The molecule has 2 saturated heterocycles. The number of carbonyl (C=O) groups excluding carboxylic acids is 1. The van der Waals surface area contributed by atoms with Crippen LogP contribution in [0.15, 0.2) is 29.2 Å². The van der Waals surface area contributed by atoms with E-state index in [1.165, 1.54) is 12.1 Å². The van der Waals surface area contributed by atoms with Crippen molar-refractivity contribution >= 4 is 16.0 Å². The first-order valence-corrected chi connectivity index (χ1v) is 11.1. The third-order valence-corrected chi connectivity index (χ3v) is 6.30. The van der Waals surface area contributed by atoms with Gasteiger partial charge in [0.05, 0.1) is 22.6 Å². The molecule has 2 heterocycles. The van der Waals surface area contributed by atoms with Crippen LogP contribution in [0.2, 0.25) is 0 Å². The summed E-state index contributed by atoms with van der Waals surface area (Å²) in [5.41, 5.74) is 0.194. The second-order valence-corrected chi connectivity index (χ2v) is 9.58. The van der Waals surface area contributed by atoms with E-state index < -0.39 is 15.7 Å². The van der Waals surface area contributed by atoms with Gasteiger partial charge >= 0.3 is 0 Å². The summed E-state index contributed by atoms with van der Waals surface area (Å²) in [5, 5.41) is 22.1. The quantitative estimate of drug-likeness (QED) is 0.628. The topological polar surface area (TPSA) is 131 Å². The van der Waals surface area contributed by atoms with E-state index in [-0.39, 0.29) is 28.8 Å². The van der Waals surface area contributed by atoms with Gasteiger partial charge in [-0.2, -0.15) is 13.7 Å². The molecule has 0 bridgehead atoms. The Morgan fingerprint density at radius 2 is 1.93 bits per heavy atom. The number of nitriles is 1. The van der Waals surface area contributed by atoms with Crippen LogP contribution in [-0.2, 0) is 14.9 Å². The van der Waals surface area contributed by atoms with Crippen molar-refractivity contribution < 1.29 is 22.9 Å². The normalized spacial score (nSPS) is 24.6. The molecule has 29 heavy (non-hydrogen) atoms. The van der Waals surface area contributed by atoms with Crippen LogP contribution in [0.25, 0.3) is 0 Å². The van der Waals surface area contributed by atoms with Crippen LogP contribution in [0, 0.1) is 24.2 Å². The van der Waals surface area contributed by atoms with E-state index in [1.807, 2.05) is 6.92 Å². The van der Waals surface area contributed by atoms with Crippen molar-refractivity contribution in [1.82, 2.24) is 10.2 Å². The smallest absolute Gasteiger partial charge is 0.294 e. The minimum atomic E-state index is -4.02. The summed E-state index contributed by atoms with van der Waals surface area (Å²) in [6.07, 6.45) is 2.34. The van der Waals surface area contributed by atoms with Crippen LogP contribution in [-0.4, -0.2) is 59.7 Å². The zero-order valence-electron chi connectivity index (χ0n) is 17.0. The monoisotopic (exact) mass is 423 g/mol. The summed E-state index contributed by atoms with van der Waals surface area (Å²) in [6.45, 7) is 6.74. The van der Waals surface area contributed by atoms with Crippen molar-refractivity contribution in [1.29, 1.82) is 5.26 Å². The number of benzene rings is 1. The van der Waals surface area contributed by atoms with Gasteiger partial charge in [-0.05, 0) is 52.2 Å². The molecule has 0 unspecified atom stereocenters. The number of nitrogens with one attached hydrogen (secondary N) is 1. The molecule has 3 atom stereocenters. The van der Waals surface area contributed by atoms with Gasteiger partial charge in [-0.1, -0.05) is 17.7 Å². The summed E-state index contributed by atoms with van der Waals surface area (Å²) in [5.74, 6) is 0.111. The Hall–Kier alpha value is -1.99. The lowest BCUT2D eigenvalue weighted by atomic mass is 9.89. The first kappa shape index (κ1) is 23.3. The van der Waals surface area contributed by atoms with Crippen molar-refractivity contribution in [2.75, 3.05) is 13.1 Å². The van der Waals surface area contributed by atoms with Gasteiger partial charge < -0.3 is 15.3 Å². The summed E-state index contributed by atoms with van der Waals surface area (Å²) in [6, 6.07) is 7.67. The Balaban J connectivity index is 0.000000234. The predicted molar refractivity (Wildman–Crippen MR) is 108 cm³/mol. The van der Waals surface area contributed by atoms with E-state index in [9.17, 15) is 18.3 Å². The molecule has 8 nitrogen and oxygen atoms in total. The maximum Gasteiger partial charge on any atom is 0.294 e. The van der Waals surface area contributed by atoms with Crippen LogP contribution in [0.1, 0.15) is 38.7 Å². The van der Waals surface area contributed by atoms with Crippen LogP contribution < -0.4 is 5.32 Å². The fraction of sp³-hybridized carbons (Fsp3) is 0.600. The number of aliphatic hydroxyl groups is 1. The maximum atomic E-state index is 12.3. The van der Waals surface area contributed by atoms with Crippen molar-refractivity contribution in [3.05, 3.63) is 29.8 Å². The van der Waals surface area contributed by atoms with E-state index in [1.54, 1.807) is 30.9 Å². The molecule has 0 saturated carbocycles. The third-order valence-electron chi connectivity index (χ3n) is 5.43. The third kappa shape index (κ3) is 6.24. The lowest BCUT2D eigenvalue weighted by Crippen LogP contribution is -2.45. The molecule has 0 radical (unpaired) electrons. The zero-order valence-corrected chi connectivity index (χ0v) is 17.8. The maximum absolute atomic E-state index is 12.3. The van der Waals surface area contributed by atoms with E-state index >= 15 is 0 Å². The number of nitrogens with zero attached hydrogens (tertiary/aromatic N) is 2. The molecule has 9 heteroatoms. The fourth-order valence-corrected chi connectivity index (χ4v) is 4.02. The first-order chi connectivity index (χ1) is 13.4. The number of hydrogen-bond acceptors (Lipinski definition) is 6. The molecular formula is C20H29N3O5S. The Morgan fingerprint density at radius 3 is 2.41 bits per heavy atom. The summed E-state index contributed by atoms with van der Waals surface area (Å²) in [4.78, 5) is 13.9. The molecule has 0 spiro atoms. The van der Waals surface area contributed by atoms with Gasteiger partial charge in [0, 0.05) is 19.0 Å². The van der Waals surface area contributed by atoms with Gasteiger partial charge in [0.15, 0.2) is 0 Å². The van der Waals surface area contributed by atoms with Crippen molar-refractivity contribution in [2.24, 2.45) is 5.92 Å². The number of aryl methyl sites for hydroxylation is 1. The second kappa shape index (κ2) is 9.22. The molecule has 2 aliphatic rings. The molecule has 1 amide bonds. The van der Waals surface area contributed by atoms with Gasteiger partial charge in [0.25, 0.3) is 10.1 Å². The first-order valence-electron chi connectivity index (χ1n) is 9.63. The van der Waals surface area contributed by atoms with Gasteiger partial charge in [0.2, 0.25) is 5.91 Å². The second-order valence-electron chi connectivity index (χ2n) is 8.15. The van der Waals surface area contributed by atoms with Gasteiger partial charge in [0.1, 0.15) is 6.04 Å². The molecular weight excluding hydrogens is 394 g/mol. The number of rotatable bonds is 3. The SMILES string of the molecule is CC(C)(O)[C@@H]1CN[C@H](C(=O)N2CCC[C@H]2C#N)C1.Cc1ccc(S(=O)(=O)O)cc1. The number of likely N-dealkylation sites (tertiary alicyclic amines) is 1. The molecule has 160 valence electrons. The Kier molecular flexibility index (Phi) is 7.40. The summed E-state index contributed by atoms with van der Waals surface area (Å²) in [7, 11) is -4.02. The van der Waals surface area contributed by atoms with E-state index in [2.05, 4.69) is 11.4 Å². The highest BCUT2D eigenvalue weighted by atomic mass is 32.2. The van der Waals surface area contributed by atoms with E-state index in [0.29, 0.717) is 19.5 Å². The highest BCUT2D eigenvalue weighted by Crippen LogP contribution is 2.28. The zero-order chi connectivity index (χ0) is 21.8. The Labute approximate surface area is 172 Å². The summed E-state index contributed by atoms with van der Waals surface area (Å²) < 4.78 is 29.6. The molecule has 3 N–H and O–H groups in total. The predicted octanol–water partition coefficient (Wildman–Crippen LogP) is 1.49. The molecule has 1 aromatic carbocycles. The van der Waals surface area contributed by atoms with Gasteiger partial charge in [-0.15, -0.1) is 0 Å². The van der Waals surface area contributed by atoms with Gasteiger partial charge in [-0.3, -0.25) is 9.35 Å². The standard InChI is InChI=1S/C13H21N3O2.C7H8O3S/c1-13(2,18)9-6-11(15-8-9)12(17)16-5-3-4-10(16)7-14;1-6-2-4-7(5-3-6)11(8,9)10/h9-11,15,18H,3-6,8H2,1-2H3;2-5H,1H3,(H,8,9,10)/t9-,10-,11-;/m0./s1. The molecule has 0 aliphatic carbocycles. The number of hydrogen-bond donors (Lipinski definition) is 3. The minimum absolute atomic E-state index is 0.0193. The number of carbonyl (C=O) groups is 1. The van der Waals surface area contributed by atoms with Gasteiger partial charge in [-0.25, -0.2) is 0 Å². The fourth-order valence-electron chi connectivity index (χ4n) is 3.54. The highest BCUT2D eigenvalue weighted by molar-refractivity contribution is 7.85. The van der Waals surface area contributed by atoms with Crippen LogP contribution in [0.5, 0.6) is 0 Å². The summed E-state index contributed by atoms with van der Waals surface area (Å²) >= 11 is 0. The van der Waals surface area contributed by atoms with E-state index in [0.717, 1.165) is 18.4 Å². The highest BCUT2D eigenvalue weighted by Gasteiger charge is 2.40. The molecule has 3 rings (SSSR count). The lowest BCUT2D eigenvalue weighted by molar-refractivity contribution is -0.133. The largest absolute Gasteiger partial charge is 0.390 e. The van der Waals surface area contributed by atoms with Crippen LogP contribution >= 0.6 is 0 Å². The van der Waals surface area contributed by atoms with E-state index in [4.69, 9.17) is 9.81 Å². The lowest BCUT2D eigenvalue weighted by Gasteiger charge is -2.26. The van der Waals surface area contributed by atoms with Crippen molar-refractivity contribution in [2.45, 2.75) is 62.6 Å². The minimum Gasteiger partial charge on any atom is -0.390 e. The average Bonchev–Trinajstić information content (AvgIpc) is 3.30. The molecule has 2 fully saturated rings. The van der Waals surface area contributed by atoms with Crippen LogP contribution in [0.3, 0.4) is 0 Å². The Bertz CT molecular complexity index is 856. The van der Waals surface area contributed by atoms with Crippen LogP contribution in [0.4, 0.5) is 0 Å².